The number of anilines is 1. The molecular weight excluding hydrogens is 402 g/mol. The Morgan fingerprint density at radius 2 is 1.56 bits per heavy atom. The van der Waals surface area contributed by atoms with E-state index in [9.17, 15) is 9.59 Å². The summed E-state index contributed by atoms with van der Waals surface area (Å²) in [4.78, 5) is 26.1. The molecule has 1 atom stereocenters. The van der Waals surface area contributed by atoms with Crippen molar-refractivity contribution in [2.75, 3.05) is 12.4 Å². The van der Waals surface area contributed by atoms with Crippen molar-refractivity contribution < 1.29 is 19.1 Å². The summed E-state index contributed by atoms with van der Waals surface area (Å²) in [6.45, 7) is 8.24. The van der Waals surface area contributed by atoms with Gasteiger partial charge in [0.2, 0.25) is 6.10 Å². The van der Waals surface area contributed by atoms with Crippen LogP contribution in [0.4, 0.5) is 5.69 Å². The second-order valence-electron chi connectivity index (χ2n) is 8.72. The molecule has 0 fully saturated rings. The first-order valence-electron chi connectivity index (χ1n) is 10.5. The number of hydrogen-bond acceptors (Lipinski definition) is 4. The zero-order valence-electron chi connectivity index (χ0n) is 19.1. The van der Waals surface area contributed by atoms with E-state index in [1.165, 1.54) is 7.11 Å². The van der Waals surface area contributed by atoms with Crippen LogP contribution in [0.2, 0.25) is 0 Å². The molecule has 0 radical (unpaired) electrons. The van der Waals surface area contributed by atoms with Gasteiger partial charge in [0.25, 0.3) is 5.91 Å². The van der Waals surface area contributed by atoms with E-state index in [4.69, 9.17) is 9.47 Å². The highest BCUT2D eigenvalue weighted by Gasteiger charge is 2.27. The first-order valence-corrected chi connectivity index (χ1v) is 10.5. The van der Waals surface area contributed by atoms with E-state index in [-0.39, 0.29) is 5.41 Å². The number of carbonyl (C=O) groups is 2. The molecule has 1 unspecified atom stereocenters. The number of nitrogens with one attached hydrogen (secondary N) is 1. The molecular formula is C27H29NO4. The lowest BCUT2D eigenvalue weighted by molar-refractivity contribution is -0.125. The standard InChI is InChI=1S/C27H29NO4/c1-18-11-16-23(31-5)22(17-18)28-25(29)24(19-9-7-6-8-10-19)32-26(30)20-12-14-21(15-13-20)27(2,3)4/h6-17,24H,1-5H3,(H,28,29). The Balaban J connectivity index is 1.86. The molecule has 0 aliphatic rings. The molecule has 1 amide bonds. The van der Waals surface area contributed by atoms with Gasteiger partial charge in [0.1, 0.15) is 5.75 Å². The lowest BCUT2D eigenvalue weighted by Crippen LogP contribution is -2.26. The van der Waals surface area contributed by atoms with Gasteiger partial charge in [0.15, 0.2) is 0 Å². The number of benzene rings is 3. The van der Waals surface area contributed by atoms with E-state index in [2.05, 4.69) is 26.1 Å². The highest BCUT2D eigenvalue weighted by molar-refractivity contribution is 5.99. The third-order valence-electron chi connectivity index (χ3n) is 5.16. The largest absolute Gasteiger partial charge is 0.495 e. The van der Waals surface area contributed by atoms with Crippen LogP contribution in [0.3, 0.4) is 0 Å². The molecule has 0 aliphatic heterocycles. The molecule has 0 aliphatic carbocycles. The summed E-state index contributed by atoms with van der Waals surface area (Å²) < 4.78 is 11.0. The summed E-state index contributed by atoms with van der Waals surface area (Å²) in [5.74, 6) is -0.495. The molecule has 5 nitrogen and oxygen atoms in total. The average Bonchev–Trinajstić information content (AvgIpc) is 2.77. The van der Waals surface area contributed by atoms with Crippen LogP contribution in [-0.2, 0) is 14.9 Å². The van der Waals surface area contributed by atoms with Gasteiger partial charge in [0, 0.05) is 5.56 Å². The van der Waals surface area contributed by atoms with Crippen LogP contribution in [-0.4, -0.2) is 19.0 Å². The molecule has 3 rings (SSSR count). The second-order valence-corrected chi connectivity index (χ2v) is 8.72. The maximum absolute atomic E-state index is 13.2. The number of rotatable bonds is 6. The Kier molecular flexibility index (Phi) is 6.98. The van der Waals surface area contributed by atoms with Crippen LogP contribution >= 0.6 is 0 Å². The molecule has 0 bridgehead atoms. The van der Waals surface area contributed by atoms with Crippen molar-refractivity contribution in [1.82, 2.24) is 0 Å². The number of methoxy groups -OCH3 is 1. The van der Waals surface area contributed by atoms with Crippen molar-refractivity contribution in [3.63, 3.8) is 0 Å². The molecule has 1 N–H and O–H groups in total. The summed E-state index contributed by atoms with van der Waals surface area (Å²) in [6.07, 6.45) is -1.11. The van der Waals surface area contributed by atoms with Crippen molar-refractivity contribution >= 4 is 17.6 Å². The fraction of sp³-hybridized carbons (Fsp3) is 0.259. The topological polar surface area (TPSA) is 64.6 Å². The van der Waals surface area contributed by atoms with Crippen molar-refractivity contribution in [1.29, 1.82) is 0 Å². The molecule has 0 heterocycles. The highest BCUT2D eigenvalue weighted by atomic mass is 16.5. The van der Waals surface area contributed by atoms with Gasteiger partial charge in [-0.05, 0) is 47.7 Å². The van der Waals surface area contributed by atoms with E-state index in [0.717, 1.165) is 11.1 Å². The van der Waals surface area contributed by atoms with Crippen LogP contribution in [0.1, 0.15) is 53.9 Å². The average molecular weight is 432 g/mol. The van der Waals surface area contributed by atoms with Crippen LogP contribution in [0.15, 0.2) is 72.8 Å². The van der Waals surface area contributed by atoms with E-state index in [1.807, 2.05) is 37.3 Å². The molecule has 5 heteroatoms. The molecule has 3 aromatic carbocycles. The van der Waals surface area contributed by atoms with Crippen LogP contribution in [0.25, 0.3) is 0 Å². The van der Waals surface area contributed by atoms with Gasteiger partial charge in [0.05, 0.1) is 18.4 Å². The van der Waals surface area contributed by atoms with Crippen LogP contribution in [0.5, 0.6) is 5.75 Å². The summed E-state index contributed by atoms with van der Waals surface area (Å²) in [6, 6.07) is 21.7. The monoisotopic (exact) mass is 431 g/mol. The SMILES string of the molecule is COc1ccc(C)cc1NC(=O)C(OC(=O)c1ccc(C(C)(C)C)cc1)c1ccccc1. The minimum Gasteiger partial charge on any atom is -0.495 e. The van der Waals surface area contributed by atoms with Gasteiger partial charge < -0.3 is 14.8 Å². The van der Waals surface area contributed by atoms with Gasteiger partial charge >= 0.3 is 5.97 Å². The number of aryl methyl sites for hydroxylation is 1. The zero-order chi connectivity index (χ0) is 23.3. The number of esters is 1. The van der Waals surface area contributed by atoms with Crippen LogP contribution < -0.4 is 10.1 Å². The van der Waals surface area contributed by atoms with E-state index in [0.29, 0.717) is 22.6 Å². The van der Waals surface area contributed by atoms with Gasteiger partial charge in [-0.15, -0.1) is 0 Å². The normalized spacial score (nSPS) is 12.0. The summed E-state index contributed by atoms with van der Waals surface area (Å²) >= 11 is 0. The highest BCUT2D eigenvalue weighted by Crippen LogP contribution is 2.28. The number of carbonyl (C=O) groups excluding carboxylic acids is 2. The summed E-state index contributed by atoms with van der Waals surface area (Å²) in [5, 5.41) is 2.85. The zero-order valence-corrected chi connectivity index (χ0v) is 19.1. The Hall–Kier alpha value is -3.60. The Morgan fingerprint density at radius 1 is 0.906 bits per heavy atom. The smallest absolute Gasteiger partial charge is 0.339 e. The Bertz CT molecular complexity index is 1080. The summed E-state index contributed by atoms with van der Waals surface area (Å²) in [5.41, 5.74) is 3.54. The van der Waals surface area contributed by atoms with Gasteiger partial charge in [-0.25, -0.2) is 4.79 Å². The van der Waals surface area contributed by atoms with E-state index in [1.54, 1.807) is 42.5 Å². The lowest BCUT2D eigenvalue weighted by Gasteiger charge is -2.20. The number of amides is 1. The van der Waals surface area contributed by atoms with E-state index < -0.39 is 18.0 Å². The fourth-order valence-electron chi connectivity index (χ4n) is 3.30. The van der Waals surface area contributed by atoms with Crippen molar-refractivity contribution in [2.45, 2.75) is 39.2 Å². The maximum atomic E-state index is 13.2. The molecule has 0 spiro atoms. The van der Waals surface area contributed by atoms with Gasteiger partial charge in [-0.2, -0.15) is 0 Å². The maximum Gasteiger partial charge on any atom is 0.339 e. The fourth-order valence-corrected chi connectivity index (χ4v) is 3.30. The third kappa shape index (κ3) is 5.55. The van der Waals surface area contributed by atoms with Crippen molar-refractivity contribution in [3.05, 3.63) is 95.1 Å². The minimum atomic E-state index is -1.11. The molecule has 0 aromatic heterocycles. The molecule has 166 valence electrons. The van der Waals surface area contributed by atoms with Gasteiger partial charge in [-0.3, -0.25) is 4.79 Å². The quantitative estimate of drug-likeness (QED) is 0.498. The first-order chi connectivity index (χ1) is 15.2. The third-order valence-corrected chi connectivity index (χ3v) is 5.16. The summed E-state index contributed by atoms with van der Waals surface area (Å²) in [7, 11) is 1.54. The van der Waals surface area contributed by atoms with Crippen LogP contribution in [0, 0.1) is 6.92 Å². The first kappa shape index (κ1) is 23.1. The predicted molar refractivity (Wildman–Crippen MR) is 126 cm³/mol. The minimum absolute atomic E-state index is 0.0260. The number of ether oxygens (including phenoxy) is 2. The molecule has 3 aromatic rings. The second kappa shape index (κ2) is 9.69. The predicted octanol–water partition coefficient (Wildman–Crippen LogP) is 5.84. The number of hydrogen-bond donors (Lipinski definition) is 1. The molecule has 0 saturated carbocycles. The molecule has 32 heavy (non-hydrogen) atoms. The van der Waals surface area contributed by atoms with Gasteiger partial charge in [-0.1, -0.05) is 69.3 Å². The Labute approximate surface area is 189 Å². The van der Waals surface area contributed by atoms with Crippen molar-refractivity contribution in [3.8, 4) is 5.75 Å². The van der Waals surface area contributed by atoms with E-state index >= 15 is 0 Å². The lowest BCUT2D eigenvalue weighted by atomic mass is 9.87. The Morgan fingerprint density at radius 3 is 2.16 bits per heavy atom. The molecule has 0 saturated heterocycles. The van der Waals surface area contributed by atoms with Crippen molar-refractivity contribution in [2.24, 2.45) is 0 Å².